The first kappa shape index (κ1) is 16.0. The average molecular weight is 360 g/mol. The summed E-state index contributed by atoms with van der Waals surface area (Å²) in [5.41, 5.74) is 2.72. The zero-order chi connectivity index (χ0) is 18.1. The molecule has 1 N–H and O–H groups in total. The van der Waals surface area contributed by atoms with E-state index in [0.717, 1.165) is 15.4 Å². The standard InChI is InChI=1S/C19H12N4O2S/c1-12-3-2-4-13(21-12)5-6-14-7-8-16(26-14)18-15(19(24)25)11-23-17(22-18)9-10-20-23/h2-4,7-11H,1H3,(H,24,25). The number of carboxylic acid groups (broad SMARTS) is 1. The highest BCUT2D eigenvalue weighted by molar-refractivity contribution is 7.16. The molecule has 0 saturated heterocycles. The summed E-state index contributed by atoms with van der Waals surface area (Å²) in [5, 5.41) is 13.5. The molecule has 0 radical (unpaired) electrons. The Kier molecular flexibility index (Phi) is 3.95. The SMILES string of the molecule is Cc1cccc(C#Cc2ccc(-c3nc4ccnn4cc3C(=O)O)s2)n1. The predicted octanol–water partition coefficient (Wildman–Crippen LogP) is 3.26. The van der Waals surface area contributed by atoms with Crippen molar-refractivity contribution in [3.8, 4) is 22.4 Å². The fraction of sp³-hybridized carbons (Fsp3) is 0.0526. The molecule has 0 aliphatic carbocycles. The van der Waals surface area contributed by atoms with Crippen LogP contribution in [0.1, 0.15) is 26.6 Å². The van der Waals surface area contributed by atoms with Crippen molar-refractivity contribution >= 4 is 23.0 Å². The van der Waals surface area contributed by atoms with Crippen LogP contribution in [0.3, 0.4) is 0 Å². The fourth-order valence-corrected chi connectivity index (χ4v) is 3.33. The second kappa shape index (κ2) is 6.43. The average Bonchev–Trinajstić information content (AvgIpc) is 3.27. The quantitative estimate of drug-likeness (QED) is 0.555. The predicted molar refractivity (Wildman–Crippen MR) is 98.2 cm³/mol. The summed E-state index contributed by atoms with van der Waals surface area (Å²) >= 11 is 1.40. The van der Waals surface area contributed by atoms with Crippen LogP contribution in [0.15, 0.2) is 48.8 Å². The van der Waals surface area contributed by atoms with Gasteiger partial charge in [0.05, 0.1) is 21.6 Å². The summed E-state index contributed by atoms with van der Waals surface area (Å²) in [6, 6.07) is 11.1. The number of aromatic carboxylic acids is 1. The maximum atomic E-state index is 11.6. The van der Waals surface area contributed by atoms with E-state index in [-0.39, 0.29) is 5.56 Å². The molecule has 4 heterocycles. The summed E-state index contributed by atoms with van der Waals surface area (Å²) in [7, 11) is 0. The van der Waals surface area contributed by atoms with Crippen LogP contribution < -0.4 is 0 Å². The van der Waals surface area contributed by atoms with Crippen LogP contribution in [-0.4, -0.2) is 30.7 Å². The smallest absolute Gasteiger partial charge is 0.339 e. The van der Waals surface area contributed by atoms with Gasteiger partial charge in [-0.15, -0.1) is 11.3 Å². The third-order valence-corrected chi connectivity index (χ3v) is 4.66. The van der Waals surface area contributed by atoms with Crippen molar-refractivity contribution in [3.63, 3.8) is 0 Å². The van der Waals surface area contributed by atoms with Crippen LogP contribution in [0.25, 0.3) is 16.2 Å². The lowest BCUT2D eigenvalue weighted by molar-refractivity contribution is 0.0696. The molecular weight excluding hydrogens is 348 g/mol. The molecule has 26 heavy (non-hydrogen) atoms. The molecule has 0 fully saturated rings. The molecule has 0 amide bonds. The maximum absolute atomic E-state index is 11.6. The van der Waals surface area contributed by atoms with E-state index in [1.165, 1.54) is 22.0 Å². The number of aryl methyl sites for hydroxylation is 1. The molecule has 7 heteroatoms. The summed E-state index contributed by atoms with van der Waals surface area (Å²) < 4.78 is 1.45. The Morgan fingerprint density at radius 3 is 2.85 bits per heavy atom. The van der Waals surface area contributed by atoms with E-state index in [0.29, 0.717) is 17.0 Å². The van der Waals surface area contributed by atoms with Gasteiger partial charge in [0, 0.05) is 18.0 Å². The van der Waals surface area contributed by atoms with Gasteiger partial charge in [-0.05, 0) is 43.0 Å². The Morgan fingerprint density at radius 2 is 2.04 bits per heavy atom. The first-order valence-electron chi connectivity index (χ1n) is 7.74. The highest BCUT2D eigenvalue weighted by atomic mass is 32.1. The molecule has 0 atom stereocenters. The normalized spacial score (nSPS) is 10.5. The third kappa shape index (κ3) is 3.06. The van der Waals surface area contributed by atoms with Crippen LogP contribution in [0.4, 0.5) is 0 Å². The number of thiophene rings is 1. The number of rotatable bonds is 2. The summed E-state index contributed by atoms with van der Waals surface area (Å²) in [4.78, 5) is 21.9. The van der Waals surface area contributed by atoms with Crippen molar-refractivity contribution in [2.45, 2.75) is 6.92 Å². The zero-order valence-electron chi connectivity index (χ0n) is 13.7. The molecule has 126 valence electrons. The minimum absolute atomic E-state index is 0.0999. The number of aromatic nitrogens is 4. The van der Waals surface area contributed by atoms with Crippen LogP contribution in [-0.2, 0) is 0 Å². The Morgan fingerprint density at radius 1 is 1.15 bits per heavy atom. The molecule has 0 saturated carbocycles. The van der Waals surface area contributed by atoms with Gasteiger partial charge in [-0.1, -0.05) is 6.07 Å². The molecule has 0 aliphatic heterocycles. The summed E-state index contributed by atoms with van der Waals surface area (Å²) in [6.07, 6.45) is 3.06. The lowest BCUT2D eigenvalue weighted by Gasteiger charge is -2.03. The van der Waals surface area contributed by atoms with Gasteiger partial charge in [-0.25, -0.2) is 19.3 Å². The Balaban J connectivity index is 1.73. The highest BCUT2D eigenvalue weighted by Crippen LogP contribution is 2.29. The Hall–Kier alpha value is -3.50. The first-order valence-corrected chi connectivity index (χ1v) is 8.55. The molecule has 0 aliphatic rings. The minimum atomic E-state index is -1.05. The van der Waals surface area contributed by atoms with Crippen molar-refractivity contribution in [3.05, 3.63) is 70.6 Å². The second-order valence-corrected chi connectivity index (χ2v) is 6.60. The monoisotopic (exact) mass is 360 g/mol. The second-order valence-electron chi connectivity index (χ2n) is 5.52. The van der Waals surface area contributed by atoms with E-state index in [4.69, 9.17) is 0 Å². The molecule has 0 spiro atoms. The summed E-state index contributed by atoms with van der Waals surface area (Å²) in [5.74, 6) is 5.05. The molecule has 4 rings (SSSR count). The van der Waals surface area contributed by atoms with Crippen LogP contribution >= 0.6 is 11.3 Å². The van der Waals surface area contributed by atoms with Gasteiger partial charge < -0.3 is 5.11 Å². The number of pyridine rings is 1. The van der Waals surface area contributed by atoms with E-state index in [2.05, 4.69) is 26.9 Å². The highest BCUT2D eigenvalue weighted by Gasteiger charge is 2.17. The maximum Gasteiger partial charge on any atom is 0.339 e. The lowest BCUT2D eigenvalue weighted by Crippen LogP contribution is -2.04. The van der Waals surface area contributed by atoms with Crippen molar-refractivity contribution in [1.29, 1.82) is 0 Å². The number of hydrogen-bond acceptors (Lipinski definition) is 5. The van der Waals surface area contributed by atoms with Crippen LogP contribution in [0.2, 0.25) is 0 Å². The summed E-state index contributed by atoms with van der Waals surface area (Å²) in [6.45, 7) is 1.92. The van der Waals surface area contributed by atoms with E-state index in [9.17, 15) is 9.90 Å². The molecule has 0 aromatic carbocycles. The number of nitrogens with zero attached hydrogens (tertiary/aromatic N) is 4. The Labute approximate surface area is 152 Å². The van der Waals surface area contributed by atoms with E-state index in [1.807, 2.05) is 37.3 Å². The fourth-order valence-electron chi connectivity index (χ4n) is 2.47. The molecule has 0 bridgehead atoms. The van der Waals surface area contributed by atoms with E-state index < -0.39 is 5.97 Å². The first-order chi connectivity index (χ1) is 12.6. The van der Waals surface area contributed by atoms with E-state index >= 15 is 0 Å². The van der Waals surface area contributed by atoms with Gasteiger partial charge >= 0.3 is 5.97 Å². The third-order valence-electron chi connectivity index (χ3n) is 3.65. The van der Waals surface area contributed by atoms with Gasteiger partial charge in [0.2, 0.25) is 0 Å². The van der Waals surface area contributed by atoms with Gasteiger partial charge in [0.15, 0.2) is 5.65 Å². The molecule has 0 unspecified atom stereocenters. The minimum Gasteiger partial charge on any atom is -0.478 e. The van der Waals surface area contributed by atoms with Crippen molar-refractivity contribution < 1.29 is 9.90 Å². The van der Waals surface area contributed by atoms with Crippen LogP contribution in [0, 0.1) is 18.8 Å². The number of carboxylic acids is 1. The van der Waals surface area contributed by atoms with Crippen molar-refractivity contribution in [1.82, 2.24) is 19.6 Å². The van der Waals surface area contributed by atoms with Crippen molar-refractivity contribution in [2.24, 2.45) is 0 Å². The van der Waals surface area contributed by atoms with Gasteiger partial charge in [0.1, 0.15) is 11.3 Å². The number of fused-ring (bicyclic) bond motifs is 1. The van der Waals surface area contributed by atoms with Crippen LogP contribution in [0.5, 0.6) is 0 Å². The molecular formula is C19H12N4O2S. The zero-order valence-corrected chi connectivity index (χ0v) is 14.5. The topological polar surface area (TPSA) is 80.4 Å². The molecule has 6 nitrogen and oxygen atoms in total. The van der Waals surface area contributed by atoms with Gasteiger partial charge in [0.25, 0.3) is 0 Å². The Bertz CT molecular complexity index is 1200. The number of hydrogen-bond donors (Lipinski definition) is 1. The lowest BCUT2D eigenvalue weighted by atomic mass is 10.2. The molecule has 4 aromatic heterocycles. The largest absolute Gasteiger partial charge is 0.478 e. The van der Waals surface area contributed by atoms with E-state index in [1.54, 1.807) is 12.3 Å². The van der Waals surface area contributed by atoms with Gasteiger partial charge in [-0.3, -0.25) is 0 Å². The van der Waals surface area contributed by atoms with Crippen molar-refractivity contribution in [2.75, 3.05) is 0 Å². The van der Waals surface area contributed by atoms with Gasteiger partial charge in [-0.2, -0.15) is 5.10 Å². The molecule has 4 aromatic rings. The number of carbonyl (C=O) groups is 1.